The molecule has 0 aliphatic rings. The lowest BCUT2D eigenvalue weighted by Gasteiger charge is -2.15. The third-order valence-corrected chi connectivity index (χ3v) is 4.61. The zero-order valence-corrected chi connectivity index (χ0v) is 15.3. The van der Waals surface area contributed by atoms with Crippen LogP contribution >= 0.6 is 12.6 Å². The largest absolute Gasteiger partial charge is 0.383 e. The first-order chi connectivity index (χ1) is 11.4. The van der Waals surface area contributed by atoms with Crippen molar-refractivity contribution in [1.82, 2.24) is 0 Å². The van der Waals surface area contributed by atoms with Gasteiger partial charge in [-0.15, -0.1) is 0 Å². The lowest BCUT2D eigenvalue weighted by molar-refractivity contribution is 0.102. The van der Waals surface area contributed by atoms with Gasteiger partial charge in [0, 0.05) is 35.3 Å². The smallest absolute Gasteiger partial charge is 0.256 e. The molecule has 2 aromatic rings. The van der Waals surface area contributed by atoms with E-state index in [1.165, 1.54) is 0 Å². The highest BCUT2D eigenvalue weighted by Gasteiger charge is 2.12. The molecule has 0 aliphatic heterocycles. The van der Waals surface area contributed by atoms with Gasteiger partial charge in [0.25, 0.3) is 5.91 Å². The topological polar surface area (TPSA) is 67.1 Å². The van der Waals surface area contributed by atoms with Crippen molar-refractivity contribution in [2.24, 2.45) is 5.73 Å². The Balaban J connectivity index is 2.17. The van der Waals surface area contributed by atoms with Crippen LogP contribution < -0.4 is 16.4 Å². The van der Waals surface area contributed by atoms with Crippen LogP contribution in [0.25, 0.3) is 0 Å². The fourth-order valence-corrected chi connectivity index (χ4v) is 2.50. The zero-order chi connectivity index (χ0) is 17.7. The van der Waals surface area contributed by atoms with Gasteiger partial charge in [0.2, 0.25) is 0 Å². The number of benzene rings is 2. The van der Waals surface area contributed by atoms with Gasteiger partial charge in [0.1, 0.15) is 0 Å². The third kappa shape index (κ3) is 4.52. The summed E-state index contributed by atoms with van der Waals surface area (Å²) >= 11 is 4.18. The highest BCUT2D eigenvalue weighted by molar-refractivity contribution is 7.80. The molecule has 0 aromatic heterocycles. The van der Waals surface area contributed by atoms with E-state index in [0.717, 1.165) is 28.1 Å². The summed E-state index contributed by atoms with van der Waals surface area (Å²) < 4.78 is 0. The number of aryl methyl sites for hydroxylation is 2. The standard InChI is InChI=1S/C19H25N3OS/c1-12-5-4-6-18(14(12)3)22-19(23)17-9-16(8-7-13(17)2)21-10-15(20)11-24/h4-9,15,21,24H,10-11,20H2,1-3H3,(H,22,23). The molecule has 0 saturated heterocycles. The average Bonchev–Trinajstić information content (AvgIpc) is 2.57. The number of hydrogen-bond acceptors (Lipinski definition) is 4. The minimum absolute atomic E-state index is 0.0261. The van der Waals surface area contributed by atoms with Crippen molar-refractivity contribution in [1.29, 1.82) is 0 Å². The Morgan fingerprint density at radius 2 is 1.92 bits per heavy atom. The van der Waals surface area contributed by atoms with Gasteiger partial charge in [-0.1, -0.05) is 18.2 Å². The zero-order valence-electron chi connectivity index (χ0n) is 14.4. The molecule has 0 aliphatic carbocycles. The molecule has 0 saturated carbocycles. The maximum atomic E-state index is 12.7. The number of rotatable bonds is 6. The SMILES string of the molecule is Cc1ccc(NCC(N)CS)cc1C(=O)Nc1cccc(C)c1C. The number of anilines is 2. The van der Waals surface area contributed by atoms with Gasteiger partial charge < -0.3 is 16.4 Å². The summed E-state index contributed by atoms with van der Waals surface area (Å²) in [6, 6.07) is 11.6. The normalized spacial score (nSPS) is 11.9. The van der Waals surface area contributed by atoms with Crippen LogP contribution in [0.5, 0.6) is 0 Å². The van der Waals surface area contributed by atoms with Crippen LogP contribution in [-0.2, 0) is 0 Å². The van der Waals surface area contributed by atoms with Gasteiger partial charge in [0.15, 0.2) is 0 Å². The number of hydrogen-bond donors (Lipinski definition) is 4. The molecule has 0 fully saturated rings. The summed E-state index contributed by atoms with van der Waals surface area (Å²) in [7, 11) is 0. The molecular weight excluding hydrogens is 318 g/mol. The fraction of sp³-hybridized carbons (Fsp3) is 0.316. The number of thiol groups is 1. The Kier molecular flexibility index (Phi) is 6.29. The van der Waals surface area contributed by atoms with Crippen LogP contribution in [0.1, 0.15) is 27.0 Å². The second-order valence-electron chi connectivity index (χ2n) is 6.05. The minimum atomic E-state index is -0.108. The maximum absolute atomic E-state index is 12.7. The van der Waals surface area contributed by atoms with Crippen molar-refractivity contribution >= 4 is 29.9 Å². The number of amides is 1. The Hall–Kier alpha value is -1.98. The first-order valence-corrected chi connectivity index (χ1v) is 8.64. The van der Waals surface area contributed by atoms with Crippen molar-refractivity contribution in [2.75, 3.05) is 22.9 Å². The molecule has 4 N–H and O–H groups in total. The second kappa shape index (κ2) is 8.22. The van der Waals surface area contributed by atoms with E-state index in [2.05, 4.69) is 23.3 Å². The quantitative estimate of drug-likeness (QED) is 0.607. The van der Waals surface area contributed by atoms with Crippen molar-refractivity contribution in [3.05, 3.63) is 58.7 Å². The van der Waals surface area contributed by atoms with Crippen molar-refractivity contribution in [3.63, 3.8) is 0 Å². The molecule has 128 valence electrons. The van der Waals surface area contributed by atoms with Gasteiger partial charge in [-0.2, -0.15) is 12.6 Å². The van der Waals surface area contributed by atoms with Gasteiger partial charge >= 0.3 is 0 Å². The van der Waals surface area contributed by atoms with Gasteiger partial charge in [-0.25, -0.2) is 0 Å². The Morgan fingerprint density at radius 1 is 1.17 bits per heavy atom. The fourth-order valence-electron chi connectivity index (χ4n) is 2.37. The Labute approximate surface area is 149 Å². The van der Waals surface area contributed by atoms with Gasteiger partial charge in [0.05, 0.1) is 0 Å². The summed E-state index contributed by atoms with van der Waals surface area (Å²) in [5.41, 5.74) is 11.4. The molecule has 0 heterocycles. The summed E-state index contributed by atoms with van der Waals surface area (Å²) in [5.74, 6) is 0.502. The van der Waals surface area contributed by atoms with E-state index in [-0.39, 0.29) is 11.9 Å². The third-order valence-electron chi connectivity index (χ3n) is 4.14. The minimum Gasteiger partial charge on any atom is -0.383 e. The number of nitrogens with two attached hydrogens (primary N) is 1. The van der Waals surface area contributed by atoms with Crippen LogP contribution in [0.4, 0.5) is 11.4 Å². The van der Waals surface area contributed by atoms with Crippen LogP contribution in [0.2, 0.25) is 0 Å². The van der Waals surface area contributed by atoms with Crippen LogP contribution in [-0.4, -0.2) is 24.2 Å². The van der Waals surface area contributed by atoms with Crippen molar-refractivity contribution in [3.8, 4) is 0 Å². The van der Waals surface area contributed by atoms with E-state index in [1.807, 2.05) is 57.2 Å². The highest BCUT2D eigenvalue weighted by Crippen LogP contribution is 2.21. The van der Waals surface area contributed by atoms with E-state index >= 15 is 0 Å². The molecule has 0 spiro atoms. The molecule has 0 radical (unpaired) electrons. The number of nitrogens with one attached hydrogen (secondary N) is 2. The summed E-state index contributed by atoms with van der Waals surface area (Å²) in [5, 5.41) is 6.26. The Bertz CT molecular complexity index is 731. The second-order valence-corrected chi connectivity index (χ2v) is 6.42. The molecular formula is C19H25N3OS. The van der Waals surface area contributed by atoms with E-state index in [0.29, 0.717) is 17.9 Å². The predicted octanol–water partition coefficient (Wildman–Crippen LogP) is 3.53. The maximum Gasteiger partial charge on any atom is 0.256 e. The summed E-state index contributed by atoms with van der Waals surface area (Å²) in [6.07, 6.45) is 0. The molecule has 1 atom stereocenters. The van der Waals surface area contributed by atoms with Crippen LogP contribution in [0, 0.1) is 20.8 Å². The van der Waals surface area contributed by atoms with Crippen molar-refractivity contribution in [2.45, 2.75) is 26.8 Å². The van der Waals surface area contributed by atoms with E-state index in [4.69, 9.17) is 5.73 Å². The summed E-state index contributed by atoms with van der Waals surface area (Å²) in [6.45, 7) is 6.59. The molecule has 5 heteroatoms. The molecule has 24 heavy (non-hydrogen) atoms. The lowest BCUT2D eigenvalue weighted by atomic mass is 10.1. The van der Waals surface area contributed by atoms with Gasteiger partial charge in [-0.3, -0.25) is 4.79 Å². The number of carbonyl (C=O) groups excluding carboxylic acids is 1. The lowest BCUT2D eigenvalue weighted by Crippen LogP contribution is -2.30. The van der Waals surface area contributed by atoms with Crippen LogP contribution in [0.15, 0.2) is 36.4 Å². The molecule has 0 bridgehead atoms. The predicted molar refractivity (Wildman–Crippen MR) is 105 cm³/mol. The van der Waals surface area contributed by atoms with Gasteiger partial charge in [-0.05, 0) is 55.7 Å². The first kappa shape index (κ1) is 18.4. The summed E-state index contributed by atoms with van der Waals surface area (Å²) in [4.78, 5) is 12.7. The molecule has 1 unspecified atom stereocenters. The molecule has 4 nitrogen and oxygen atoms in total. The Morgan fingerprint density at radius 3 is 2.62 bits per heavy atom. The van der Waals surface area contributed by atoms with E-state index in [1.54, 1.807) is 0 Å². The van der Waals surface area contributed by atoms with E-state index < -0.39 is 0 Å². The van der Waals surface area contributed by atoms with Crippen LogP contribution in [0.3, 0.4) is 0 Å². The molecule has 2 aromatic carbocycles. The number of carbonyl (C=O) groups is 1. The molecule has 1 amide bonds. The first-order valence-electron chi connectivity index (χ1n) is 8.01. The van der Waals surface area contributed by atoms with E-state index in [9.17, 15) is 4.79 Å². The monoisotopic (exact) mass is 343 g/mol. The average molecular weight is 343 g/mol. The highest BCUT2D eigenvalue weighted by atomic mass is 32.1. The van der Waals surface area contributed by atoms with Crippen molar-refractivity contribution < 1.29 is 4.79 Å². The molecule has 2 rings (SSSR count).